The Morgan fingerprint density at radius 1 is 0.914 bits per heavy atom. The maximum absolute atomic E-state index is 14.4. The number of ether oxygens (including phenoxy) is 1. The molecule has 0 aromatic heterocycles. The first-order chi connectivity index (χ1) is 17.0. The Hall–Kier alpha value is -3.99. The monoisotopic (exact) mass is 463 g/mol. The lowest BCUT2D eigenvalue weighted by molar-refractivity contribution is -0.118. The number of Topliss-reactive ketones (excluding diaryl/α,β-unsaturated/α-hetero) is 3. The average Bonchev–Trinajstić information content (AvgIpc) is 3.31. The number of ketones is 3. The van der Waals surface area contributed by atoms with Gasteiger partial charge in [0.1, 0.15) is 11.2 Å². The van der Waals surface area contributed by atoms with Crippen molar-refractivity contribution in [3.05, 3.63) is 101 Å². The zero-order valence-corrected chi connectivity index (χ0v) is 19.6. The molecule has 3 atom stereocenters. The number of hydrogen-bond acceptors (Lipinski definition) is 5. The Morgan fingerprint density at radius 2 is 1.54 bits per heavy atom. The van der Waals surface area contributed by atoms with Crippen molar-refractivity contribution < 1.29 is 19.1 Å². The normalized spacial score (nSPS) is 23.3. The van der Waals surface area contributed by atoms with Crippen LogP contribution in [0.4, 0.5) is 5.69 Å². The number of rotatable bonds is 4. The smallest absolute Gasteiger partial charge is 0.180 e. The Balaban J connectivity index is 1.69. The first kappa shape index (κ1) is 21.5. The second-order valence-electron chi connectivity index (χ2n) is 9.35. The van der Waals surface area contributed by atoms with Crippen LogP contribution in [0.1, 0.15) is 51.6 Å². The minimum Gasteiger partial charge on any atom is -0.494 e. The molecule has 3 aliphatic rings. The highest BCUT2D eigenvalue weighted by Gasteiger charge is 2.71. The number of carbonyl (C=O) groups excluding carboxylic acids is 3. The number of fused-ring (bicyclic) bond motifs is 5. The molecule has 1 spiro atoms. The molecule has 1 fully saturated rings. The molecule has 3 aromatic rings. The summed E-state index contributed by atoms with van der Waals surface area (Å²) >= 11 is 0. The maximum atomic E-state index is 14.4. The highest BCUT2D eigenvalue weighted by Crippen LogP contribution is 2.61. The lowest BCUT2D eigenvalue weighted by atomic mass is 9.64. The van der Waals surface area contributed by atoms with Crippen LogP contribution in [0.25, 0.3) is 6.08 Å². The number of benzene rings is 3. The first-order valence-corrected chi connectivity index (χ1v) is 12.0. The van der Waals surface area contributed by atoms with E-state index in [0.29, 0.717) is 29.0 Å². The molecule has 174 valence electrons. The molecule has 3 aromatic carbocycles. The van der Waals surface area contributed by atoms with E-state index in [1.807, 2.05) is 72.5 Å². The van der Waals surface area contributed by atoms with Crippen molar-refractivity contribution in [1.29, 1.82) is 0 Å². The minimum atomic E-state index is -1.47. The lowest BCUT2D eigenvalue weighted by Gasteiger charge is -2.37. The number of nitrogens with zero attached hydrogens (tertiary/aromatic N) is 1. The van der Waals surface area contributed by atoms with Crippen LogP contribution in [0.15, 0.2) is 78.9 Å². The van der Waals surface area contributed by atoms with E-state index in [1.54, 1.807) is 31.2 Å². The predicted molar refractivity (Wildman–Crippen MR) is 134 cm³/mol. The summed E-state index contributed by atoms with van der Waals surface area (Å²) in [6.07, 6.45) is 3.90. The average molecular weight is 464 g/mol. The fourth-order valence-electron chi connectivity index (χ4n) is 6.44. The summed E-state index contributed by atoms with van der Waals surface area (Å²) in [4.78, 5) is 44.2. The summed E-state index contributed by atoms with van der Waals surface area (Å²) in [7, 11) is 0. The number of para-hydroxylation sites is 2. The van der Waals surface area contributed by atoms with Crippen LogP contribution in [-0.2, 0) is 4.79 Å². The fraction of sp³-hybridized carbons (Fsp3) is 0.233. The van der Waals surface area contributed by atoms with Gasteiger partial charge in [0.05, 0.1) is 18.7 Å². The Bertz CT molecular complexity index is 1390. The zero-order chi connectivity index (χ0) is 24.3. The van der Waals surface area contributed by atoms with E-state index in [4.69, 9.17) is 4.74 Å². The minimum absolute atomic E-state index is 0.0927. The molecule has 0 unspecified atom stereocenters. The van der Waals surface area contributed by atoms with Gasteiger partial charge in [-0.1, -0.05) is 72.8 Å². The molecule has 0 amide bonds. The molecule has 0 bridgehead atoms. The van der Waals surface area contributed by atoms with Crippen molar-refractivity contribution in [3.8, 4) is 5.75 Å². The molecule has 0 N–H and O–H groups in total. The standard InChI is InChI=1S/C30H25NO4/c1-3-35-24-15-9-7-13-22(24)26-27(18(2)32)31-23-14-8-4-10-19(23)16-17-25(31)30(26)28(33)20-11-5-6-12-21(20)29(30)34/h4-17,25-27H,3H2,1-2H3/t25-,26+,27-/m0/s1. The molecule has 2 heterocycles. The van der Waals surface area contributed by atoms with Gasteiger partial charge in [-0.25, -0.2) is 0 Å². The molecule has 35 heavy (non-hydrogen) atoms. The zero-order valence-electron chi connectivity index (χ0n) is 19.6. The van der Waals surface area contributed by atoms with Crippen LogP contribution in [0.3, 0.4) is 0 Å². The van der Waals surface area contributed by atoms with Crippen molar-refractivity contribution in [2.75, 3.05) is 11.5 Å². The van der Waals surface area contributed by atoms with E-state index in [0.717, 1.165) is 11.3 Å². The molecule has 5 nitrogen and oxygen atoms in total. The van der Waals surface area contributed by atoms with Crippen LogP contribution < -0.4 is 9.64 Å². The van der Waals surface area contributed by atoms with Gasteiger partial charge >= 0.3 is 0 Å². The molecule has 0 saturated carbocycles. The third kappa shape index (κ3) is 2.72. The summed E-state index contributed by atoms with van der Waals surface area (Å²) in [5.41, 5.74) is 1.90. The molecule has 6 rings (SSSR count). The van der Waals surface area contributed by atoms with Gasteiger partial charge in [-0.15, -0.1) is 0 Å². The van der Waals surface area contributed by atoms with Crippen molar-refractivity contribution in [1.82, 2.24) is 0 Å². The predicted octanol–water partition coefficient (Wildman–Crippen LogP) is 5.11. The third-order valence-corrected chi connectivity index (χ3v) is 7.68. The topological polar surface area (TPSA) is 63.7 Å². The van der Waals surface area contributed by atoms with E-state index in [9.17, 15) is 14.4 Å². The van der Waals surface area contributed by atoms with Gasteiger partial charge in [0, 0.05) is 28.3 Å². The van der Waals surface area contributed by atoms with Gasteiger partial charge in [-0.3, -0.25) is 14.4 Å². The van der Waals surface area contributed by atoms with Crippen molar-refractivity contribution in [3.63, 3.8) is 0 Å². The summed E-state index contributed by atoms with van der Waals surface area (Å²) < 4.78 is 5.98. The van der Waals surface area contributed by atoms with Gasteiger partial charge in [0.2, 0.25) is 0 Å². The number of hydrogen-bond donors (Lipinski definition) is 0. The second-order valence-corrected chi connectivity index (χ2v) is 9.35. The summed E-state index contributed by atoms with van der Waals surface area (Å²) in [6.45, 7) is 3.88. The van der Waals surface area contributed by atoms with Crippen LogP contribution in [-0.4, -0.2) is 36.0 Å². The Morgan fingerprint density at radius 3 is 2.23 bits per heavy atom. The fourth-order valence-corrected chi connectivity index (χ4v) is 6.44. The molecule has 1 saturated heterocycles. The summed E-state index contributed by atoms with van der Waals surface area (Å²) in [5, 5.41) is 0. The van der Waals surface area contributed by atoms with E-state index < -0.39 is 23.4 Å². The van der Waals surface area contributed by atoms with E-state index in [2.05, 4.69) is 0 Å². The molecule has 1 aliphatic carbocycles. The van der Waals surface area contributed by atoms with Crippen molar-refractivity contribution in [2.24, 2.45) is 5.41 Å². The molecular formula is C30H25NO4. The van der Waals surface area contributed by atoms with E-state index in [1.165, 1.54) is 0 Å². The van der Waals surface area contributed by atoms with E-state index >= 15 is 0 Å². The summed E-state index contributed by atoms with van der Waals surface area (Å²) in [5.74, 6) is -0.658. The van der Waals surface area contributed by atoms with Gasteiger partial charge in [-0.05, 0) is 31.5 Å². The van der Waals surface area contributed by atoms with Gasteiger partial charge in [0.25, 0.3) is 0 Å². The van der Waals surface area contributed by atoms with Gasteiger partial charge in [0.15, 0.2) is 17.3 Å². The highest BCUT2D eigenvalue weighted by molar-refractivity contribution is 6.32. The SMILES string of the molecule is CCOc1ccccc1[C@@H]1[C@H](C(C)=O)N2c3ccccc3C=C[C@H]2C12C(=O)c1ccccc1C2=O. The molecule has 5 heteroatoms. The molecule has 2 aliphatic heterocycles. The second kappa shape index (κ2) is 7.77. The third-order valence-electron chi connectivity index (χ3n) is 7.68. The quantitative estimate of drug-likeness (QED) is 0.504. The highest BCUT2D eigenvalue weighted by atomic mass is 16.5. The van der Waals surface area contributed by atoms with Crippen molar-refractivity contribution >= 4 is 29.1 Å². The van der Waals surface area contributed by atoms with Gasteiger partial charge < -0.3 is 9.64 Å². The number of anilines is 1. The van der Waals surface area contributed by atoms with Crippen LogP contribution in [0, 0.1) is 5.41 Å². The maximum Gasteiger partial charge on any atom is 0.180 e. The Kier molecular flexibility index (Phi) is 4.78. The van der Waals surface area contributed by atoms with E-state index in [-0.39, 0.29) is 17.3 Å². The largest absolute Gasteiger partial charge is 0.494 e. The number of carbonyl (C=O) groups is 3. The molecular weight excluding hydrogens is 438 g/mol. The summed E-state index contributed by atoms with van der Waals surface area (Å²) in [6, 6.07) is 21.0. The van der Waals surface area contributed by atoms with Crippen LogP contribution >= 0.6 is 0 Å². The molecule has 0 radical (unpaired) electrons. The Labute approximate surface area is 204 Å². The van der Waals surface area contributed by atoms with Gasteiger partial charge in [-0.2, -0.15) is 0 Å². The van der Waals surface area contributed by atoms with Crippen molar-refractivity contribution in [2.45, 2.75) is 31.8 Å². The lowest BCUT2D eigenvalue weighted by Crippen LogP contribution is -2.48. The van der Waals surface area contributed by atoms with Crippen LogP contribution in [0.2, 0.25) is 0 Å². The van der Waals surface area contributed by atoms with Crippen LogP contribution in [0.5, 0.6) is 5.75 Å². The first-order valence-electron chi connectivity index (χ1n) is 12.0.